The van der Waals surface area contributed by atoms with Crippen LogP contribution in [-0.4, -0.2) is 44.0 Å². The Kier molecular flexibility index (Phi) is 5.90. The van der Waals surface area contributed by atoms with Crippen molar-refractivity contribution < 1.29 is 23.5 Å². The van der Waals surface area contributed by atoms with Gasteiger partial charge in [0.2, 0.25) is 0 Å². The first-order chi connectivity index (χ1) is 15.4. The highest BCUT2D eigenvalue weighted by Gasteiger charge is 2.40. The number of carboxylic acid groups (broad SMARTS) is 1. The van der Waals surface area contributed by atoms with Gasteiger partial charge in [-0.3, -0.25) is 4.79 Å². The van der Waals surface area contributed by atoms with Crippen molar-refractivity contribution in [1.29, 1.82) is 0 Å². The number of hydrogen-bond acceptors (Lipinski definition) is 4. The summed E-state index contributed by atoms with van der Waals surface area (Å²) in [7, 11) is 0. The lowest BCUT2D eigenvalue weighted by molar-refractivity contribution is 0.0526. The molecule has 0 spiro atoms. The van der Waals surface area contributed by atoms with Crippen LogP contribution in [0.1, 0.15) is 59.8 Å². The molecule has 10 heteroatoms. The van der Waals surface area contributed by atoms with Crippen LogP contribution in [0.15, 0.2) is 24.5 Å². The van der Waals surface area contributed by atoms with Gasteiger partial charge in [0, 0.05) is 35.9 Å². The van der Waals surface area contributed by atoms with E-state index in [4.69, 9.17) is 0 Å². The number of piperidine rings is 1. The number of aryl methyl sites for hydroxylation is 1. The molecule has 2 unspecified atom stereocenters. The van der Waals surface area contributed by atoms with Gasteiger partial charge < -0.3 is 19.7 Å². The Morgan fingerprint density at radius 3 is 2.61 bits per heavy atom. The highest BCUT2D eigenvalue weighted by atomic mass is 32.1. The van der Waals surface area contributed by atoms with Crippen LogP contribution in [0.2, 0.25) is 0 Å². The minimum atomic E-state index is -0.975. The summed E-state index contributed by atoms with van der Waals surface area (Å²) in [6.07, 6.45) is 3.19. The van der Waals surface area contributed by atoms with Crippen LogP contribution >= 0.6 is 11.3 Å². The fraction of sp³-hybridized carbons (Fsp3) is 0.435. The summed E-state index contributed by atoms with van der Waals surface area (Å²) in [6, 6.07) is 2.11. The van der Waals surface area contributed by atoms with E-state index >= 15 is 0 Å². The highest BCUT2D eigenvalue weighted by Crippen LogP contribution is 2.42. The summed E-state index contributed by atoms with van der Waals surface area (Å²) >= 11 is 1.06. The molecule has 1 saturated heterocycles. The molecule has 33 heavy (non-hydrogen) atoms. The van der Waals surface area contributed by atoms with E-state index in [9.17, 15) is 23.5 Å². The van der Waals surface area contributed by atoms with Gasteiger partial charge in [0.15, 0.2) is 11.5 Å². The lowest BCUT2D eigenvalue weighted by Gasteiger charge is -2.44. The molecule has 0 bridgehead atoms. The third-order valence-corrected chi connectivity index (χ3v) is 7.31. The number of nitrogens with zero attached hydrogens (tertiary/aromatic N) is 3. The number of nitrogens with one attached hydrogen (secondary N) is 1. The van der Waals surface area contributed by atoms with E-state index in [0.29, 0.717) is 30.0 Å². The molecule has 3 aromatic heterocycles. The van der Waals surface area contributed by atoms with Gasteiger partial charge >= 0.3 is 6.09 Å². The summed E-state index contributed by atoms with van der Waals surface area (Å²) in [6.45, 7) is 7.96. The SMILES string of the molecule is Cc1cn2cc(NC(=O)c3cc(F)c(C4CCN(C(=O)O)C(C(C)(C)C)C4)s3)cc(F)c2n1. The first-order valence-electron chi connectivity index (χ1n) is 10.7. The number of carbonyl (C=O) groups is 2. The van der Waals surface area contributed by atoms with E-state index < -0.39 is 23.6 Å². The third-order valence-electron chi connectivity index (χ3n) is 6.04. The largest absolute Gasteiger partial charge is 0.465 e. The summed E-state index contributed by atoms with van der Waals surface area (Å²) < 4.78 is 30.7. The van der Waals surface area contributed by atoms with Crippen LogP contribution in [0.5, 0.6) is 0 Å². The number of halogens is 2. The van der Waals surface area contributed by atoms with Crippen LogP contribution in [0.4, 0.5) is 19.3 Å². The maximum Gasteiger partial charge on any atom is 0.407 e. The van der Waals surface area contributed by atoms with E-state index in [1.807, 2.05) is 20.8 Å². The molecular weight excluding hydrogens is 450 g/mol. The Morgan fingerprint density at radius 1 is 1.21 bits per heavy atom. The number of amides is 2. The van der Waals surface area contributed by atoms with E-state index in [1.165, 1.54) is 21.4 Å². The summed E-state index contributed by atoms with van der Waals surface area (Å²) in [5.74, 6) is -1.76. The Labute approximate surface area is 194 Å². The monoisotopic (exact) mass is 476 g/mol. The molecule has 4 rings (SSSR count). The maximum atomic E-state index is 14.9. The van der Waals surface area contributed by atoms with E-state index in [0.717, 1.165) is 11.3 Å². The standard InChI is InChI=1S/C23H26F2N4O3S/c1-12-10-28-11-14(8-16(25)20(28)26-12)27-21(30)17-9-15(24)19(33-17)13-5-6-29(22(31)32)18(7-13)23(2,3)4/h8-11,13,18H,5-7H2,1-4H3,(H,27,30)(H,31,32). The minimum Gasteiger partial charge on any atom is -0.465 e. The number of carbonyl (C=O) groups excluding carboxylic acids is 1. The van der Waals surface area contributed by atoms with E-state index in [-0.39, 0.29) is 33.6 Å². The molecule has 0 aromatic carbocycles. The molecule has 176 valence electrons. The summed E-state index contributed by atoms with van der Waals surface area (Å²) in [4.78, 5) is 30.6. The van der Waals surface area contributed by atoms with Gasteiger partial charge in [-0.25, -0.2) is 18.6 Å². The Bertz CT molecular complexity index is 1230. The Balaban J connectivity index is 1.54. The quantitative estimate of drug-likeness (QED) is 0.522. The number of anilines is 1. The normalized spacial score (nSPS) is 19.2. The minimum absolute atomic E-state index is 0.163. The van der Waals surface area contributed by atoms with Crippen molar-refractivity contribution in [3.63, 3.8) is 0 Å². The molecule has 1 aliphatic rings. The number of pyridine rings is 1. The molecule has 1 fully saturated rings. The predicted octanol–water partition coefficient (Wildman–Crippen LogP) is 5.51. The molecule has 0 radical (unpaired) electrons. The Morgan fingerprint density at radius 2 is 1.94 bits per heavy atom. The molecule has 2 N–H and O–H groups in total. The van der Waals surface area contributed by atoms with Crippen LogP contribution in [0.3, 0.4) is 0 Å². The molecule has 3 aromatic rings. The number of aromatic nitrogens is 2. The first kappa shape index (κ1) is 23.2. The van der Waals surface area contributed by atoms with Gasteiger partial charge in [-0.2, -0.15) is 0 Å². The number of likely N-dealkylation sites (tertiary alicyclic amines) is 1. The highest BCUT2D eigenvalue weighted by molar-refractivity contribution is 7.14. The van der Waals surface area contributed by atoms with Crippen LogP contribution < -0.4 is 5.32 Å². The van der Waals surface area contributed by atoms with Crippen LogP contribution in [0, 0.1) is 24.0 Å². The topological polar surface area (TPSA) is 86.9 Å². The lowest BCUT2D eigenvalue weighted by atomic mass is 9.76. The molecule has 4 heterocycles. The number of fused-ring (bicyclic) bond motifs is 1. The zero-order valence-electron chi connectivity index (χ0n) is 18.9. The van der Waals surface area contributed by atoms with Gasteiger partial charge in [-0.05, 0) is 37.2 Å². The number of hydrogen-bond donors (Lipinski definition) is 2. The van der Waals surface area contributed by atoms with E-state index in [2.05, 4.69) is 10.3 Å². The molecule has 1 aliphatic heterocycles. The number of imidazole rings is 1. The van der Waals surface area contributed by atoms with Gasteiger partial charge in [-0.15, -0.1) is 11.3 Å². The molecular formula is C23H26F2N4O3S. The fourth-order valence-corrected chi connectivity index (χ4v) is 5.55. The number of rotatable bonds is 3. The molecule has 0 aliphatic carbocycles. The van der Waals surface area contributed by atoms with Crippen LogP contribution in [0.25, 0.3) is 5.65 Å². The van der Waals surface area contributed by atoms with Crippen molar-refractivity contribution in [2.24, 2.45) is 5.41 Å². The predicted molar refractivity (Wildman–Crippen MR) is 122 cm³/mol. The second kappa shape index (κ2) is 8.40. The lowest BCUT2D eigenvalue weighted by Crippen LogP contribution is -2.51. The summed E-state index contributed by atoms with van der Waals surface area (Å²) in [5.41, 5.74) is 0.737. The van der Waals surface area contributed by atoms with Crippen molar-refractivity contribution in [3.05, 3.63) is 51.6 Å². The second-order valence-corrected chi connectivity index (χ2v) is 10.6. The Hall–Kier alpha value is -3.01. The molecule has 2 amide bonds. The zero-order chi connectivity index (χ0) is 24.1. The van der Waals surface area contributed by atoms with Gasteiger partial charge in [0.05, 0.1) is 16.3 Å². The smallest absolute Gasteiger partial charge is 0.407 e. The van der Waals surface area contributed by atoms with Crippen molar-refractivity contribution in [2.45, 2.75) is 52.5 Å². The van der Waals surface area contributed by atoms with Gasteiger partial charge in [0.1, 0.15) is 5.82 Å². The average Bonchev–Trinajstić information content (AvgIpc) is 3.29. The van der Waals surface area contributed by atoms with Gasteiger partial charge in [-0.1, -0.05) is 20.8 Å². The van der Waals surface area contributed by atoms with Crippen molar-refractivity contribution in [3.8, 4) is 0 Å². The fourth-order valence-electron chi connectivity index (χ4n) is 4.47. The van der Waals surface area contributed by atoms with Crippen molar-refractivity contribution in [2.75, 3.05) is 11.9 Å². The van der Waals surface area contributed by atoms with Crippen molar-refractivity contribution >= 4 is 34.7 Å². The molecule has 2 atom stereocenters. The third kappa shape index (κ3) is 4.57. The van der Waals surface area contributed by atoms with Gasteiger partial charge in [0.25, 0.3) is 5.91 Å². The first-order valence-corrected chi connectivity index (χ1v) is 11.5. The molecule has 0 saturated carbocycles. The van der Waals surface area contributed by atoms with Crippen LogP contribution in [-0.2, 0) is 0 Å². The summed E-state index contributed by atoms with van der Waals surface area (Å²) in [5, 5.41) is 12.2. The number of thiophene rings is 1. The zero-order valence-corrected chi connectivity index (χ0v) is 19.7. The average molecular weight is 477 g/mol. The van der Waals surface area contributed by atoms with E-state index in [1.54, 1.807) is 19.3 Å². The molecule has 7 nitrogen and oxygen atoms in total. The maximum absolute atomic E-state index is 14.9. The second-order valence-electron chi connectivity index (χ2n) is 9.55. The van der Waals surface area contributed by atoms with Crippen molar-refractivity contribution in [1.82, 2.24) is 14.3 Å².